The monoisotopic (exact) mass is 419 g/mol. The summed E-state index contributed by atoms with van der Waals surface area (Å²) in [5, 5.41) is 15.2. The summed E-state index contributed by atoms with van der Waals surface area (Å²) in [5.74, 6) is -0.0933. The number of nitrogens with zero attached hydrogens (tertiary/aromatic N) is 1. The lowest BCUT2D eigenvalue weighted by molar-refractivity contribution is -0.112. The van der Waals surface area contributed by atoms with Crippen LogP contribution in [-0.4, -0.2) is 13.0 Å². The van der Waals surface area contributed by atoms with E-state index in [4.69, 9.17) is 16.3 Å². The number of methoxy groups -OCH3 is 1. The number of ether oxygens (including phenoxy) is 1. The second-order valence-electron chi connectivity index (χ2n) is 4.98. The molecule has 0 saturated heterocycles. The van der Waals surface area contributed by atoms with Crippen LogP contribution < -0.4 is 15.4 Å². The second-order valence-corrected chi connectivity index (χ2v) is 6.33. The third kappa shape index (κ3) is 5.52. The van der Waals surface area contributed by atoms with Crippen molar-refractivity contribution < 1.29 is 9.53 Å². The Bertz CT molecular complexity index is 829. The summed E-state index contributed by atoms with van der Waals surface area (Å²) in [6.07, 6.45) is 1.38. The maximum absolute atomic E-state index is 12.3. The van der Waals surface area contributed by atoms with Gasteiger partial charge in [0.1, 0.15) is 17.4 Å². The summed E-state index contributed by atoms with van der Waals surface area (Å²) in [6.45, 7) is 0.492. The molecule has 2 aromatic rings. The van der Waals surface area contributed by atoms with Crippen molar-refractivity contribution in [2.24, 2.45) is 0 Å². The zero-order chi connectivity index (χ0) is 18.2. The molecular formula is C18H15BrClN3O2. The van der Waals surface area contributed by atoms with Crippen molar-refractivity contribution in [1.82, 2.24) is 5.32 Å². The minimum Gasteiger partial charge on any atom is -0.495 e. The van der Waals surface area contributed by atoms with Gasteiger partial charge in [-0.25, -0.2) is 0 Å². The van der Waals surface area contributed by atoms with Crippen molar-refractivity contribution in [2.45, 2.75) is 6.54 Å². The van der Waals surface area contributed by atoms with Gasteiger partial charge in [0, 0.05) is 22.2 Å². The van der Waals surface area contributed by atoms with Crippen LogP contribution in [0.1, 0.15) is 5.56 Å². The van der Waals surface area contributed by atoms with Crippen LogP contribution in [0.15, 0.2) is 58.7 Å². The Labute approximate surface area is 159 Å². The molecule has 0 unspecified atom stereocenters. The minimum absolute atomic E-state index is 0.0564. The van der Waals surface area contributed by atoms with Crippen molar-refractivity contribution in [3.05, 3.63) is 69.3 Å². The summed E-state index contributed by atoms with van der Waals surface area (Å²) in [6, 6.07) is 14.4. The maximum atomic E-state index is 12.3. The van der Waals surface area contributed by atoms with Gasteiger partial charge in [0.2, 0.25) is 0 Å². The number of carbonyl (C=O) groups excluding carboxylic acids is 1. The standard InChI is InChI=1S/C18H15BrClN3O2/c1-25-17-7-6-15(20)8-16(17)23-18(24)13(9-21)11-22-10-12-2-4-14(19)5-3-12/h2-8,11,22H,10H2,1H3,(H,23,24)/b13-11-. The Morgan fingerprint density at radius 2 is 2.04 bits per heavy atom. The molecule has 0 aliphatic carbocycles. The molecule has 1 amide bonds. The van der Waals surface area contributed by atoms with E-state index in [-0.39, 0.29) is 5.57 Å². The summed E-state index contributed by atoms with van der Waals surface area (Å²) in [4.78, 5) is 12.3. The molecule has 0 radical (unpaired) electrons. The predicted molar refractivity (Wildman–Crippen MR) is 101 cm³/mol. The highest BCUT2D eigenvalue weighted by Gasteiger charge is 2.12. The molecular weight excluding hydrogens is 406 g/mol. The Kier molecular flexibility index (Phi) is 6.87. The lowest BCUT2D eigenvalue weighted by Crippen LogP contribution is -2.17. The molecule has 0 bridgehead atoms. The lowest BCUT2D eigenvalue weighted by atomic mass is 10.2. The lowest BCUT2D eigenvalue weighted by Gasteiger charge is -2.10. The average Bonchev–Trinajstić information content (AvgIpc) is 2.60. The largest absolute Gasteiger partial charge is 0.495 e. The van der Waals surface area contributed by atoms with Gasteiger partial charge in [-0.3, -0.25) is 4.79 Å². The molecule has 5 nitrogen and oxygen atoms in total. The van der Waals surface area contributed by atoms with E-state index >= 15 is 0 Å². The molecule has 0 fully saturated rings. The fraction of sp³-hybridized carbons (Fsp3) is 0.111. The first-order chi connectivity index (χ1) is 12.0. The van der Waals surface area contributed by atoms with Crippen molar-refractivity contribution in [3.63, 3.8) is 0 Å². The van der Waals surface area contributed by atoms with Gasteiger partial charge in [-0.2, -0.15) is 5.26 Å². The summed E-state index contributed by atoms with van der Waals surface area (Å²) in [5.41, 5.74) is 1.36. The van der Waals surface area contributed by atoms with Crippen LogP contribution in [-0.2, 0) is 11.3 Å². The fourth-order valence-corrected chi connectivity index (χ4v) is 2.43. The number of anilines is 1. The molecule has 0 spiro atoms. The molecule has 0 aromatic heterocycles. The van der Waals surface area contributed by atoms with E-state index in [1.54, 1.807) is 18.2 Å². The number of halogens is 2. The van der Waals surface area contributed by atoms with Gasteiger partial charge >= 0.3 is 0 Å². The molecule has 2 N–H and O–H groups in total. The molecule has 0 saturated carbocycles. The number of hydrogen-bond acceptors (Lipinski definition) is 4. The van der Waals surface area contributed by atoms with E-state index in [1.807, 2.05) is 30.3 Å². The molecule has 0 aliphatic rings. The number of benzene rings is 2. The Morgan fingerprint density at radius 1 is 1.32 bits per heavy atom. The molecule has 2 aromatic carbocycles. The first-order valence-corrected chi connectivity index (χ1v) is 8.43. The van der Waals surface area contributed by atoms with Crippen LogP contribution in [0.5, 0.6) is 5.75 Å². The van der Waals surface area contributed by atoms with Crippen molar-refractivity contribution in [2.75, 3.05) is 12.4 Å². The molecule has 0 atom stereocenters. The fourth-order valence-electron chi connectivity index (χ4n) is 1.99. The first kappa shape index (κ1) is 18.8. The SMILES string of the molecule is COc1ccc(Cl)cc1NC(=O)/C(C#N)=C\NCc1ccc(Br)cc1. The molecule has 25 heavy (non-hydrogen) atoms. The smallest absolute Gasteiger partial charge is 0.267 e. The van der Waals surface area contributed by atoms with E-state index in [1.165, 1.54) is 13.3 Å². The number of amides is 1. The van der Waals surface area contributed by atoms with Crippen LogP contribution in [0.2, 0.25) is 5.02 Å². The number of hydrogen-bond donors (Lipinski definition) is 2. The Balaban J connectivity index is 2.04. The van der Waals surface area contributed by atoms with Crippen LogP contribution in [0.4, 0.5) is 5.69 Å². The molecule has 128 valence electrons. The average molecular weight is 421 g/mol. The van der Waals surface area contributed by atoms with Crippen molar-refractivity contribution in [1.29, 1.82) is 5.26 Å². The highest BCUT2D eigenvalue weighted by Crippen LogP contribution is 2.27. The topological polar surface area (TPSA) is 74.1 Å². The third-order valence-electron chi connectivity index (χ3n) is 3.24. The maximum Gasteiger partial charge on any atom is 0.267 e. The van der Waals surface area contributed by atoms with Crippen molar-refractivity contribution in [3.8, 4) is 11.8 Å². The van der Waals surface area contributed by atoms with Gasteiger partial charge in [0.25, 0.3) is 5.91 Å². The third-order valence-corrected chi connectivity index (χ3v) is 4.00. The van der Waals surface area contributed by atoms with Crippen LogP contribution in [0.25, 0.3) is 0 Å². The van der Waals surface area contributed by atoms with E-state index in [0.717, 1.165) is 10.0 Å². The molecule has 0 aliphatic heterocycles. The molecule has 7 heteroatoms. The highest BCUT2D eigenvalue weighted by molar-refractivity contribution is 9.10. The second kappa shape index (κ2) is 9.11. The summed E-state index contributed by atoms with van der Waals surface area (Å²) < 4.78 is 6.15. The Hall–Kier alpha value is -2.49. The first-order valence-electron chi connectivity index (χ1n) is 7.26. The van der Waals surface area contributed by atoms with E-state index < -0.39 is 5.91 Å². The number of carbonyl (C=O) groups is 1. The van der Waals surface area contributed by atoms with E-state index in [9.17, 15) is 10.1 Å². The summed E-state index contributed by atoms with van der Waals surface area (Å²) in [7, 11) is 1.49. The molecule has 2 rings (SSSR count). The van der Waals surface area contributed by atoms with Crippen LogP contribution >= 0.6 is 27.5 Å². The van der Waals surface area contributed by atoms with Crippen molar-refractivity contribution >= 4 is 39.1 Å². The zero-order valence-corrected chi connectivity index (χ0v) is 15.7. The van der Waals surface area contributed by atoms with Gasteiger partial charge in [0.15, 0.2) is 0 Å². The van der Waals surface area contributed by atoms with E-state index in [2.05, 4.69) is 26.6 Å². The van der Waals surface area contributed by atoms with Gasteiger partial charge < -0.3 is 15.4 Å². The number of rotatable bonds is 6. The van der Waals surface area contributed by atoms with E-state index in [0.29, 0.717) is 23.0 Å². The minimum atomic E-state index is -0.550. The van der Waals surface area contributed by atoms with Gasteiger partial charge in [0.05, 0.1) is 12.8 Å². The zero-order valence-electron chi connectivity index (χ0n) is 13.3. The van der Waals surface area contributed by atoms with Gasteiger partial charge in [-0.05, 0) is 35.9 Å². The van der Waals surface area contributed by atoms with Crippen LogP contribution in [0, 0.1) is 11.3 Å². The highest BCUT2D eigenvalue weighted by atomic mass is 79.9. The Morgan fingerprint density at radius 3 is 2.68 bits per heavy atom. The number of nitrogens with one attached hydrogen (secondary N) is 2. The van der Waals surface area contributed by atoms with Gasteiger partial charge in [-0.15, -0.1) is 0 Å². The predicted octanol–water partition coefficient (Wildman–Crippen LogP) is 4.25. The number of nitriles is 1. The molecule has 0 heterocycles. The summed E-state index contributed by atoms with van der Waals surface area (Å²) >= 11 is 9.30. The van der Waals surface area contributed by atoms with Crippen LogP contribution in [0.3, 0.4) is 0 Å². The quantitative estimate of drug-likeness (QED) is 0.541. The van der Waals surface area contributed by atoms with Gasteiger partial charge in [-0.1, -0.05) is 39.7 Å². The normalized spacial score (nSPS) is 10.7.